The topological polar surface area (TPSA) is 73.6 Å². The van der Waals surface area contributed by atoms with E-state index < -0.39 is 5.91 Å². The molecule has 5 heteroatoms. The molecule has 0 saturated carbocycles. The highest BCUT2D eigenvalue weighted by atomic mass is 16.6. The molecular formula is C18H20N2O3. The fraction of sp³-hybridized carbons (Fsp3) is 0.278. The zero-order chi connectivity index (χ0) is 16.2. The molecule has 120 valence electrons. The Kier molecular flexibility index (Phi) is 4.48. The van der Waals surface area contributed by atoms with Gasteiger partial charge in [0.05, 0.1) is 0 Å². The summed E-state index contributed by atoms with van der Waals surface area (Å²) in [6.45, 7) is 3.91. The number of amides is 1. The Hall–Kier alpha value is -2.53. The van der Waals surface area contributed by atoms with Gasteiger partial charge in [-0.25, -0.2) is 0 Å². The first-order chi connectivity index (χ1) is 11.1. The highest BCUT2D eigenvalue weighted by Gasteiger charge is 2.14. The number of rotatable bonds is 5. The molecule has 0 radical (unpaired) electrons. The summed E-state index contributed by atoms with van der Waals surface area (Å²) in [5, 5.41) is 3.44. The first-order valence-electron chi connectivity index (χ1n) is 7.65. The molecule has 2 aromatic carbocycles. The van der Waals surface area contributed by atoms with Gasteiger partial charge in [-0.05, 0) is 42.3 Å². The lowest BCUT2D eigenvalue weighted by Crippen LogP contribution is -2.20. The van der Waals surface area contributed by atoms with Gasteiger partial charge in [-0.2, -0.15) is 0 Å². The van der Waals surface area contributed by atoms with Crippen molar-refractivity contribution < 1.29 is 14.3 Å². The molecule has 1 aliphatic rings. The molecule has 0 saturated heterocycles. The highest BCUT2D eigenvalue weighted by Crippen LogP contribution is 2.32. The van der Waals surface area contributed by atoms with Crippen LogP contribution in [-0.4, -0.2) is 19.1 Å². The van der Waals surface area contributed by atoms with Crippen molar-refractivity contribution in [1.82, 2.24) is 5.32 Å². The zero-order valence-electron chi connectivity index (χ0n) is 13.0. The van der Waals surface area contributed by atoms with E-state index >= 15 is 0 Å². The number of hydrogen-bond donors (Lipinski definition) is 2. The second-order valence-electron chi connectivity index (χ2n) is 5.57. The van der Waals surface area contributed by atoms with Crippen LogP contribution in [0.3, 0.4) is 0 Å². The van der Waals surface area contributed by atoms with Crippen LogP contribution in [0.4, 0.5) is 0 Å². The lowest BCUT2D eigenvalue weighted by Gasteiger charge is -2.21. The van der Waals surface area contributed by atoms with Gasteiger partial charge in [0.15, 0.2) is 11.5 Å². The minimum absolute atomic E-state index is 0.142. The molecule has 3 rings (SSSR count). The normalized spacial score (nSPS) is 14.3. The third-order valence-electron chi connectivity index (χ3n) is 3.89. The van der Waals surface area contributed by atoms with Gasteiger partial charge >= 0.3 is 0 Å². The second-order valence-corrected chi connectivity index (χ2v) is 5.57. The van der Waals surface area contributed by atoms with E-state index in [1.165, 1.54) is 0 Å². The molecule has 1 aliphatic heterocycles. The Labute approximate surface area is 135 Å². The molecule has 1 heterocycles. The summed E-state index contributed by atoms with van der Waals surface area (Å²) in [7, 11) is 0. The van der Waals surface area contributed by atoms with Crippen molar-refractivity contribution in [3.8, 4) is 11.5 Å². The summed E-state index contributed by atoms with van der Waals surface area (Å²) in [6, 6.07) is 13.5. The van der Waals surface area contributed by atoms with Crippen LogP contribution < -0.4 is 20.5 Å². The van der Waals surface area contributed by atoms with Crippen molar-refractivity contribution in [3.05, 3.63) is 59.2 Å². The maximum atomic E-state index is 11.2. The third kappa shape index (κ3) is 3.63. The average molecular weight is 312 g/mol. The molecular weight excluding hydrogens is 292 g/mol. The molecule has 0 fully saturated rings. The van der Waals surface area contributed by atoms with Crippen LogP contribution in [0.15, 0.2) is 42.5 Å². The van der Waals surface area contributed by atoms with Crippen molar-refractivity contribution in [1.29, 1.82) is 0 Å². The van der Waals surface area contributed by atoms with Gasteiger partial charge in [0.25, 0.3) is 0 Å². The van der Waals surface area contributed by atoms with Crippen LogP contribution in [-0.2, 0) is 6.54 Å². The van der Waals surface area contributed by atoms with Crippen molar-refractivity contribution in [2.75, 3.05) is 13.2 Å². The van der Waals surface area contributed by atoms with Crippen LogP contribution in [0.25, 0.3) is 0 Å². The van der Waals surface area contributed by atoms with Crippen molar-refractivity contribution in [3.63, 3.8) is 0 Å². The number of nitrogens with two attached hydrogens (primary N) is 1. The predicted molar refractivity (Wildman–Crippen MR) is 87.6 cm³/mol. The maximum absolute atomic E-state index is 11.2. The number of primary amides is 1. The molecule has 23 heavy (non-hydrogen) atoms. The van der Waals surface area contributed by atoms with Gasteiger partial charge in [-0.1, -0.05) is 18.2 Å². The first-order valence-corrected chi connectivity index (χ1v) is 7.65. The number of carbonyl (C=O) groups is 1. The summed E-state index contributed by atoms with van der Waals surface area (Å²) in [5.74, 6) is 1.17. The van der Waals surface area contributed by atoms with E-state index in [1.54, 1.807) is 6.07 Å². The average Bonchev–Trinajstić information content (AvgIpc) is 2.59. The zero-order valence-corrected chi connectivity index (χ0v) is 13.0. The molecule has 1 unspecified atom stereocenters. The van der Waals surface area contributed by atoms with E-state index in [4.69, 9.17) is 15.2 Å². The monoisotopic (exact) mass is 312 g/mol. The van der Waals surface area contributed by atoms with Crippen molar-refractivity contribution in [2.24, 2.45) is 5.73 Å². The number of benzene rings is 2. The molecule has 2 aromatic rings. The van der Waals surface area contributed by atoms with Crippen molar-refractivity contribution in [2.45, 2.75) is 19.5 Å². The number of carbonyl (C=O) groups excluding carboxylic acids is 1. The van der Waals surface area contributed by atoms with E-state index in [-0.39, 0.29) is 6.04 Å². The van der Waals surface area contributed by atoms with Gasteiger partial charge in [0.2, 0.25) is 5.91 Å². The molecule has 0 aromatic heterocycles. The van der Waals surface area contributed by atoms with E-state index in [1.807, 2.05) is 36.4 Å². The van der Waals surface area contributed by atoms with E-state index in [2.05, 4.69) is 12.2 Å². The van der Waals surface area contributed by atoms with Gasteiger partial charge in [0.1, 0.15) is 13.2 Å². The van der Waals surface area contributed by atoms with Crippen LogP contribution in [0, 0.1) is 0 Å². The Bertz CT molecular complexity index is 715. The summed E-state index contributed by atoms with van der Waals surface area (Å²) in [4.78, 5) is 11.2. The van der Waals surface area contributed by atoms with Crippen LogP contribution in [0.2, 0.25) is 0 Å². The molecule has 0 bridgehead atoms. The smallest absolute Gasteiger partial charge is 0.248 e. The molecule has 1 atom stereocenters. The summed E-state index contributed by atoms with van der Waals surface area (Å²) >= 11 is 0. The summed E-state index contributed by atoms with van der Waals surface area (Å²) in [5.41, 5.74) is 7.98. The molecule has 0 aliphatic carbocycles. The molecule has 3 N–H and O–H groups in total. The highest BCUT2D eigenvalue weighted by molar-refractivity contribution is 5.92. The minimum atomic E-state index is -0.410. The standard InChI is InChI=1S/C18H20N2O3/c1-12(14-5-6-16-17(10-14)23-8-7-22-16)20-11-13-3-2-4-15(9-13)18(19)21/h2-6,9-10,12,20H,7-8,11H2,1H3,(H2,19,21). The van der Waals surface area contributed by atoms with Crippen LogP contribution in [0.5, 0.6) is 11.5 Å². The Morgan fingerprint density at radius 3 is 2.74 bits per heavy atom. The second kappa shape index (κ2) is 6.71. The van der Waals surface area contributed by atoms with E-state index in [0.717, 1.165) is 22.6 Å². The van der Waals surface area contributed by atoms with E-state index in [0.29, 0.717) is 25.3 Å². The quantitative estimate of drug-likeness (QED) is 0.889. The van der Waals surface area contributed by atoms with Gasteiger partial charge in [-0.3, -0.25) is 4.79 Å². The number of nitrogens with one attached hydrogen (secondary N) is 1. The first kappa shape index (κ1) is 15.4. The predicted octanol–water partition coefficient (Wildman–Crippen LogP) is 2.41. The Balaban J connectivity index is 1.66. The third-order valence-corrected chi connectivity index (χ3v) is 3.89. The van der Waals surface area contributed by atoms with Crippen molar-refractivity contribution >= 4 is 5.91 Å². The lowest BCUT2D eigenvalue weighted by atomic mass is 10.1. The summed E-state index contributed by atoms with van der Waals surface area (Å²) < 4.78 is 11.1. The summed E-state index contributed by atoms with van der Waals surface area (Å²) in [6.07, 6.45) is 0. The fourth-order valence-corrected chi connectivity index (χ4v) is 2.55. The number of hydrogen-bond acceptors (Lipinski definition) is 4. The number of ether oxygens (including phenoxy) is 2. The fourth-order valence-electron chi connectivity index (χ4n) is 2.55. The Morgan fingerprint density at radius 1 is 1.17 bits per heavy atom. The van der Waals surface area contributed by atoms with Gasteiger partial charge < -0.3 is 20.5 Å². The Morgan fingerprint density at radius 2 is 1.96 bits per heavy atom. The maximum Gasteiger partial charge on any atom is 0.248 e. The number of fused-ring (bicyclic) bond motifs is 1. The SMILES string of the molecule is CC(NCc1cccc(C(N)=O)c1)c1ccc2c(c1)OCCO2. The van der Waals surface area contributed by atoms with Crippen LogP contribution >= 0.6 is 0 Å². The molecule has 0 spiro atoms. The lowest BCUT2D eigenvalue weighted by molar-refractivity contribution is 0.1000. The minimum Gasteiger partial charge on any atom is -0.486 e. The molecule has 5 nitrogen and oxygen atoms in total. The largest absolute Gasteiger partial charge is 0.486 e. The van der Waals surface area contributed by atoms with Gasteiger partial charge in [0, 0.05) is 18.2 Å². The van der Waals surface area contributed by atoms with E-state index in [9.17, 15) is 4.79 Å². The van der Waals surface area contributed by atoms with Crippen LogP contribution in [0.1, 0.15) is 34.5 Å². The van der Waals surface area contributed by atoms with Gasteiger partial charge in [-0.15, -0.1) is 0 Å². The molecule has 1 amide bonds.